The first-order valence-corrected chi connectivity index (χ1v) is 7.23. The first-order valence-electron chi connectivity index (χ1n) is 7.23. The van der Waals surface area contributed by atoms with Gasteiger partial charge in [0.15, 0.2) is 0 Å². The van der Waals surface area contributed by atoms with Crippen LogP contribution in [-0.4, -0.2) is 36.8 Å². The fraction of sp³-hybridized carbons (Fsp3) is 0.733. The highest BCUT2D eigenvalue weighted by Crippen LogP contribution is 2.22. The standard InChI is InChI=1S/C15H28N4O/c1-7-8-11(10-20-6)17-13-9-12(16-5)18-14(19-13)15(2,3)4/h9,11H,7-8,10H2,1-6H3,(H2,16,17,18,19). The van der Waals surface area contributed by atoms with E-state index in [1.54, 1.807) is 7.11 Å². The number of methoxy groups -OCH3 is 1. The van der Waals surface area contributed by atoms with E-state index >= 15 is 0 Å². The minimum Gasteiger partial charge on any atom is -0.383 e. The predicted molar refractivity (Wildman–Crippen MR) is 84.5 cm³/mol. The van der Waals surface area contributed by atoms with Crippen LogP contribution in [0.25, 0.3) is 0 Å². The molecular formula is C15H28N4O. The topological polar surface area (TPSA) is 59.1 Å². The summed E-state index contributed by atoms with van der Waals surface area (Å²) in [6, 6.07) is 2.21. The molecule has 0 aliphatic heterocycles. The van der Waals surface area contributed by atoms with Crippen LogP contribution in [0.1, 0.15) is 46.4 Å². The second kappa shape index (κ2) is 7.43. The van der Waals surface area contributed by atoms with Crippen molar-refractivity contribution in [3.05, 3.63) is 11.9 Å². The molecule has 0 aliphatic carbocycles. The SMILES string of the molecule is CCCC(COC)Nc1cc(NC)nc(C(C)(C)C)n1. The van der Waals surface area contributed by atoms with Crippen LogP contribution in [-0.2, 0) is 10.2 Å². The highest BCUT2D eigenvalue weighted by atomic mass is 16.5. The summed E-state index contributed by atoms with van der Waals surface area (Å²) in [6.07, 6.45) is 2.16. The number of aromatic nitrogens is 2. The second-order valence-corrected chi connectivity index (χ2v) is 6.05. The zero-order valence-electron chi connectivity index (χ0n) is 13.6. The fourth-order valence-electron chi connectivity index (χ4n) is 1.94. The summed E-state index contributed by atoms with van der Waals surface area (Å²) >= 11 is 0. The Morgan fingerprint density at radius 1 is 1.25 bits per heavy atom. The highest BCUT2D eigenvalue weighted by Gasteiger charge is 2.19. The molecule has 1 rings (SSSR count). The van der Waals surface area contributed by atoms with E-state index in [1.165, 1.54) is 0 Å². The Morgan fingerprint density at radius 3 is 2.40 bits per heavy atom. The molecule has 1 unspecified atom stereocenters. The third-order valence-electron chi connectivity index (χ3n) is 3.01. The second-order valence-electron chi connectivity index (χ2n) is 6.05. The summed E-state index contributed by atoms with van der Waals surface area (Å²) < 4.78 is 5.26. The summed E-state index contributed by atoms with van der Waals surface area (Å²) in [5.74, 6) is 2.52. The molecule has 0 saturated heterocycles. The minimum absolute atomic E-state index is 0.0786. The number of nitrogens with one attached hydrogen (secondary N) is 2. The van der Waals surface area contributed by atoms with Gasteiger partial charge in [0.2, 0.25) is 0 Å². The van der Waals surface area contributed by atoms with Gasteiger partial charge in [0.1, 0.15) is 17.5 Å². The van der Waals surface area contributed by atoms with Crippen molar-refractivity contribution < 1.29 is 4.74 Å². The molecule has 0 spiro atoms. The van der Waals surface area contributed by atoms with Gasteiger partial charge in [-0.25, -0.2) is 9.97 Å². The van der Waals surface area contributed by atoms with E-state index in [-0.39, 0.29) is 11.5 Å². The van der Waals surface area contributed by atoms with Crippen molar-refractivity contribution in [1.82, 2.24) is 9.97 Å². The van der Waals surface area contributed by atoms with E-state index in [0.717, 1.165) is 30.3 Å². The lowest BCUT2D eigenvalue weighted by atomic mass is 9.96. The van der Waals surface area contributed by atoms with Gasteiger partial charge >= 0.3 is 0 Å². The molecule has 0 saturated carbocycles. The van der Waals surface area contributed by atoms with Crippen LogP contribution in [0.15, 0.2) is 6.07 Å². The van der Waals surface area contributed by atoms with E-state index in [4.69, 9.17) is 4.74 Å². The van der Waals surface area contributed by atoms with E-state index < -0.39 is 0 Å². The van der Waals surface area contributed by atoms with Crippen molar-refractivity contribution in [2.75, 3.05) is 31.4 Å². The number of anilines is 2. The molecule has 114 valence electrons. The Hall–Kier alpha value is -1.36. The van der Waals surface area contributed by atoms with Crippen LogP contribution in [0.4, 0.5) is 11.6 Å². The van der Waals surface area contributed by atoms with Crippen molar-refractivity contribution in [2.24, 2.45) is 0 Å². The largest absolute Gasteiger partial charge is 0.383 e. The monoisotopic (exact) mass is 280 g/mol. The van der Waals surface area contributed by atoms with Crippen LogP contribution in [0.5, 0.6) is 0 Å². The highest BCUT2D eigenvalue weighted by molar-refractivity contribution is 5.48. The van der Waals surface area contributed by atoms with Crippen LogP contribution in [0.2, 0.25) is 0 Å². The third kappa shape index (κ3) is 4.96. The first-order chi connectivity index (χ1) is 9.40. The lowest BCUT2D eigenvalue weighted by Crippen LogP contribution is -2.26. The number of hydrogen-bond acceptors (Lipinski definition) is 5. The van der Waals surface area contributed by atoms with E-state index in [1.807, 2.05) is 13.1 Å². The van der Waals surface area contributed by atoms with E-state index in [9.17, 15) is 0 Å². The van der Waals surface area contributed by atoms with Crippen molar-refractivity contribution in [2.45, 2.75) is 52.0 Å². The lowest BCUT2D eigenvalue weighted by Gasteiger charge is -2.22. The summed E-state index contributed by atoms with van der Waals surface area (Å²) in [5, 5.41) is 6.55. The van der Waals surface area contributed by atoms with Gasteiger partial charge in [-0.3, -0.25) is 0 Å². The molecule has 1 heterocycles. The predicted octanol–water partition coefficient (Wildman–Crippen LogP) is 3.04. The molecule has 0 aromatic carbocycles. The Balaban J connectivity index is 2.98. The maximum atomic E-state index is 5.26. The van der Waals surface area contributed by atoms with Gasteiger partial charge in [0.25, 0.3) is 0 Å². The van der Waals surface area contributed by atoms with Crippen LogP contribution in [0, 0.1) is 0 Å². The summed E-state index contributed by atoms with van der Waals surface area (Å²) in [4.78, 5) is 9.17. The van der Waals surface area contributed by atoms with Gasteiger partial charge < -0.3 is 15.4 Å². The van der Waals surface area contributed by atoms with Crippen LogP contribution >= 0.6 is 0 Å². The maximum absolute atomic E-state index is 5.26. The Labute approximate surface area is 122 Å². The average Bonchev–Trinajstić information content (AvgIpc) is 2.38. The number of hydrogen-bond donors (Lipinski definition) is 2. The van der Waals surface area contributed by atoms with E-state index in [2.05, 4.69) is 48.3 Å². The minimum atomic E-state index is -0.0786. The molecule has 0 bridgehead atoms. The summed E-state index contributed by atoms with van der Waals surface area (Å²) in [6.45, 7) is 9.19. The average molecular weight is 280 g/mol. The molecule has 0 amide bonds. The molecule has 0 fully saturated rings. The molecule has 1 atom stereocenters. The number of nitrogens with zero attached hydrogens (tertiary/aromatic N) is 2. The Morgan fingerprint density at radius 2 is 1.90 bits per heavy atom. The normalized spacial score (nSPS) is 13.1. The first kappa shape index (κ1) is 16.7. The lowest BCUT2D eigenvalue weighted by molar-refractivity contribution is 0.182. The van der Waals surface area contributed by atoms with Crippen molar-refractivity contribution in [1.29, 1.82) is 0 Å². The van der Waals surface area contributed by atoms with Crippen LogP contribution < -0.4 is 10.6 Å². The molecule has 1 aromatic heterocycles. The smallest absolute Gasteiger partial charge is 0.138 e. The summed E-state index contributed by atoms with van der Waals surface area (Å²) in [5.41, 5.74) is -0.0786. The molecular weight excluding hydrogens is 252 g/mol. The molecule has 20 heavy (non-hydrogen) atoms. The summed E-state index contributed by atoms with van der Waals surface area (Å²) in [7, 11) is 3.60. The molecule has 5 heteroatoms. The quantitative estimate of drug-likeness (QED) is 0.804. The van der Waals surface area contributed by atoms with E-state index in [0.29, 0.717) is 6.61 Å². The molecule has 1 aromatic rings. The van der Waals surface area contributed by atoms with Gasteiger partial charge in [0.05, 0.1) is 12.6 Å². The van der Waals surface area contributed by atoms with Crippen LogP contribution in [0.3, 0.4) is 0 Å². The van der Waals surface area contributed by atoms with Gasteiger partial charge in [-0.1, -0.05) is 34.1 Å². The van der Waals surface area contributed by atoms with Gasteiger partial charge in [-0.2, -0.15) is 0 Å². The molecule has 0 aliphatic rings. The maximum Gasteiger partial charge on any atom is 0.138 e. The molecule has 2 N–H and O–H groups in total. The zero-order chi connectivity index (χ0) is 15.2. The van der Waals surface area contributed by atoms with Gasteiger partial charge in [0, 0.05) is 25.6 Å². The van der Waals surface area contributed by atoms with Gasteiger partial charge in [-0.05, 0) is 6.42 Å². The third-order valence-corrected chi connectivity index (χ3v) is 3.01. The Bertz CT molecular complexity index is 409. The van der Waals surface area contributed by atoms with Crippen molar-refractivity contribution >= 4 is 11.6 Å². The molecule has 5 nitrogen and oxygen atoms in total. The van der Waals surface area contributed by atoms with Crippen molar-refractivity contribution in [3.8, 4) is 0 Å². The molecule has 0 radical (unpaired) electrons. The van der Waals surface area contributed by atoms with Crippen molar-refractivity contribution in [3.63, 3.8) is 0 Å². The zero-order valence-corrected chi connectivity index (χ0v) is 13.6. The fourth-order valence-corrected chi connectivity index (χ4v) is 1.94. The Kier molecular flexibility index (Phi) is 6.20. The van der Waals surface area contributed by atoms with Gasteiger partial charge in [-0.15, -0.1) is 0 Å². The number of ether oxygens (including phenoxy) is 1. The number of rotatable bonds is 7.